The van der Waals surface area contributed by atoms with E-state index in [1.807, 2.05) is 4.90 Å². The molecule has 1 heterocycles. The van der Waals surface area contributed by atoms with E-state index in [0.29, 0.717) is 22.2 Å². The summed E-state index contributed by atoms with van der Waals surface area (Å²) in [6.45, 7) is 1.37. The van der Waals surface area contributed by atoms with E-state index in [-0.39, 0.29) is 24.4 Å². The van der Waals surface area contributed by atoms with Crippen LogP contribution in [0.1, 0.15) is 36.0 Å². The molecule has 0 bridgehead atoms. The smallest absolute Gasteiger partial charge is 0.255 e. The number of carbonyl (C=O) groups is 1. The highest BCUT2D eigenvalue weighted by atomic mass is 35.5. The number of hydrogen-bond donors (Lipinski definition) is 1. The molecule has 0 radical (unpaired) electrons. The van der Waals surface area contributed by atoms with Crippen molar-refractivity contribution in [2.75, 3.05) is 13.1 Å². The Morgan fingerprint density at radius 1 is 1.35 bits per heavy atom. The number of piperidine rings is 1. The van der Waals surface area contributed by atoms with Crippen molar-refractivity contribution in [1.29, 1.82) is 0 Å². The maximum Gasteiger partial charge on any atom is 0.255 e. The maximum absolute atomic E-state index is 12.6. The molecule has 0 spiro atoms. The first-order valence-electron chi connectivity index (χ1n) is 6.60. The van der Waals surface area contributed by atoms with Crippen LogP contribution in [0, 0.1) is 0 Å². The second kappa shape index (κ2) is 8.08. The predicted octanol–water partition coefficient (Wildman–Crippen LogP) is 3.76. The van der Waals surface area contributed by atoms with E-state index >= 15 is 0 Å². The monoisotopic (exact) mass is 336 g/mol. The molecule has 1 fully saturated rings. The van der Waals surface area contributed by atoms with Crippen molar-refractivity contribution < 1.29 is 4.79 Å². The third-order valence-corrected chi connectivity index (χ3v) is 4.39. The highest BCUT2D eigenvalue weighted by Gasteiger charge is 2.28. The molecule has 0 aromatic heterocycles. The van der Waals surface area contributed by atoms with Crippen molar-refractivity contribution in [3.63, 3.8) is 0 Å². The lowest BCUT2D eigenvalue weighted by Gasteiger charge is -2.36. The first kappa shape index (κ1) is 17.6. The number of likely N-dealkylation sites (tertiary alicyclic amines) is 1. The molecule has 20 heavy (non-hydrogen) atoms. The van der Waals surface area contributed by atoms with Gasteiger partial charge in [-0.15, -0.1) is 12.4 Å². The van der Waals surface area contributed by atoms with Gasteiger partial charge in [-0.25, -0.2) is 0 Å². The highest BCUT2D eigenvalue weighted by Crippen LogP contribution is 2.29. The second-order valence-corrected chi connectivity index (χ2v) is 5.61. The molecule has 1 aliphatic heterocycles. The SMILES string of the molecule is Cl.NCCC1CCCCN1C(=O)c1cccc(Cl)c1Cl. The van der Waals surface area contributed by atoms with Crippen LogP contribution >= 0.6 is 35.6 Å². The molecule has 0 saturated carbocycles. The predicted molar refractivity (Wildman–Crippen MR) is 86.1 cm³/mol. The molecule has 1 aromatic rings. The molecule has 1 atom stereocenters. The fraction of sp³-hybridized carbons (Fsp3) is 0.500. The summed E-state index contributed by atoms with van der Waals surface area (Å²) in [6, 6.07) is 5.39. The van der Waals surface area contributed by atoms with Gasteiger partial charge in [-0.05, 0) is 44.4 Å². The van der Waals surface area contributed by atoms with E-state index in [1.54, 1.807) is 18.2 Å². The van der Waals surface area contributed by atoms with E-state index in [0.717, 1.165) is 32.2 Å². The lowest BCUT2D eigenvalue weighted by molar-refractivity contribution is 0.0605. The molecule has 1 aromatic carbocycles. The number of benzene rings is 1. The minimum Gasteiger partial charge on any atom is -0.336 e. The maximum atomic E-state index is 12.6. The lowest BCUT2D eigenvalue weighted by atomic mass is 9.98. The van der Waals surface area contributed by atoms with Gasteiger partial charge in [0.2, 0.25) is 0 Å². The Morgan fingerprint density at radius 3 is 2.80 bits per heavy atom. The van der Waals surface area contributed by atoms with Crippen molar-refractivity contribution in [2.24, 2.45) is 5.73 Å². The minimum absolute atomic E-state index is 0. The van der Waals surface area contributed by atoms with Crippen molar-refractivity contribution in [3.8, 4) is 0 Å². The van der Waals surface area contributed by atoms with Gasteiger partial charge < -0.3 is 10.6 Å². The summed E-state index contributed by atoms with van der Waals surface area (Å²) in [4.78, 5) is 14.5. The van der Waals surface area contributed by atoms with Crippen LogP contribution in [0.25, 0.3) is 0 Å². The number of rotatable bonds is 3. The summed E-state index contributed by atoms with van der Waals surface area (Å²) < 4.78 is 0. The third kappa shape index (κ3) is 3.79. The Morgan fingerprint density at radius 2 is 2.10 bits per heavy atom. The first-order valence-corrected chi connectivity index (χ1v) is 7.35. The largest absolute Gasteiger partial charge is 0.336 e. The van der Waals surface area contributed by atoms with Gasteiger partial charge in [0.25, 0.3) is 5.91 Å². The van der Waals surface area contributed by atoms with Gasteiger partial charge in [0, 0.05) is 12.6 Å². The zero-order valence-corrected chi connectivity index (χ0v) is 13.5. The Hall–Kier alpha value is -0.480. The summed E-state index contributed by atoms with van der Waals surface area (Å²) in [5.41, 5.74) is 6.11. The van der Waals surface area contributed by atoms with Gasteiger partial charge in [-0.2, -0.15) is 0 Å². The quantitative estimate of drug-likeness (QED) is 0.913. The van der Waals surface area contributed by atoms with Crippen LogP contribution in [0.3, 0.4) is 0 Å². The summed E-state index contributed by atoms with van der Waals surface area (Å²) in [5.74, 6) is -0.0364. The summed E-state index contributed by atoms with van der Waals surface area (Å²) in [6.07, 6.45) is 4.04. The Kier molecular flexibility index (Phi) is 7.10. The number of nitrogens with two attached hydrogens (primary N) is 1. The number of halogens is 3. The number of amides is 1. The second-order valence-electron chi connectivity index (χ2n) is 4.83. The van der Waals surface area contributed by atoms with Crippen molar-refractivity contribution in [1.82, 2.24) is 4.90 Å². The third-order valence-electron chi connectivity index (χ3n) is 3.57. The minimum atomic E-state index is -0.0364. The average Bonchev–Trinajstić information content (AvgIpc) is 2.42. The molecule has 1 unspecified atom stereocenters. The van der Waals surface area contributed by atoms with Gasteiger partial charge in [-0.1, -0.05) is 29.3 Å². The van der Waals surface area contributed by atoms with Crippen molar-refractivity contribution in [2.45, 2.75) is 31.7 Å². The van der Waals surface area contributed by atoms with E-state index in [1.165, 1.54) is 0 Å². The number of carbonyl (C=O) groups excluding carboxylic acids is 1. The summed E-state index contributed by atoms with van der Waals surface area (Å²) in [7, 11) is 0. The molecule has 0 aliphatic carbocycles. The van der Waals surface area contributed by atoms with Crippen LogP contribution in [0.5, 0.6) is 0 Å². The molecule has 112 valence electrons. The summed E-state index contributed by atoms with van der Waals surface area (Å²) >= 11 is 12.1. The standard InChI is InChI=1S/C14H18Cl2N2O.ClH/c15-12-6-3-5-11(13(12)16)14(19)18-9-2-1-4-10(18)7-8-17;/h3,5-6,10H,1-2,4,7-9,17H2;1H. The van der Waals surface area contributed by atoms with Crippen molar-refractivity contribution in [3.05, 3.63) is 33.8 Å². The van der Waals surface area contributed by atoms with Crippen LogP contribution in [-0.2, 0) is 0 Å². The van der Waals surface area contributed by atoms with Gasteiger partial charge in [0.05, 0.1) is 15.6 Å². The van der Waals surface area contributed by atoms with Crippen LogP contribution in [0.2, 0.25) is 10.0 Å². The van der Waals surface area contributed by atoms with Crippen LogP contribution < -0.4 is 5.73 Å². The fourth-order valence-corrected chi connectivity index (χ4v) is 2.97. The number of hydrogen-bond acceptors (Lipinski definition) is 2. The molecular formula is C14H19Cl3N2O. The molecule has 3 nitrogen and oxygen atoms in total. The van der Waals surface area contributed by atoms with E-state index in [2.05, 4.69) is 0 Å². The Labute approximate surface area is 135 Å². The van der Waals surface area contributed by atoms with Gasteiger partial charge >= 0.3 is 0 Å². The molecule has 1 aliphatic rings. The van der Waals surface area contributed by atoms with E-state index < -0.39 is 0 Å². The zero-order chi connectivity index (χ0) is 13.8. The fourth-order valence-electron chi connectivity index (χ4n) is 2.58. The Balaban J connectivity index is 0.00000200. The average molecular weight is 338 g/mol. The molecule has 1 saturated heterocycles. The zero-order valence-electron chi connectivity index (χ0n) is 11.1. The highest BCUT2D eigenvalue weighted by molar-refractivity contribution is 6.43. The molecule has 6 heteroatoms. The van der Waals surface area contributed by atoms with Gasteiger partial charge in [-0.3, -0.25) is 4.79 Å². The van der Waals surface area contributed by atoms with E-state index in [4.69, 9.17) is 28.9 Å². The van der Waals surface area contributed by atoms with Crippen LogP contribution in [-0.4, -0.2) is 29.9 Å². The molecule has 2 N–H and O–H groups in total. The molecule has 2 rings (SSSR count). The number of nitrogens with zero attached hydrogens (tertiary/aromatic N) is 1. The van der Waals surface area contributed by atoms with Crippen LogP contribution in [0.4, 0.5) is 0 Å². The van der Waals surface area contributed by atoms with Gasteiger partial charge in [0.1, 0.15) is 0 Å². The van der Waals surface area contributed by atoms with Crippen LogP contribution in [0.15, 0.2) is 18.2 Å². The van der Waals surface area contributed by atoms with E-state index in [9.17, 15) is 4.79 Å². The molecular weight excluding hydrogens is 319 g/mol. The first-order chi connectivity index (χ1) is 9.15. The topological polar surface area (TPSA) is 46.3 Å². The Bertz CT molecular complexity index is 466. The lowest BCUT2D eigenvalue weighted by Crippen LogP contribution is -2.44. The van der Waals surface area contributed by atoms with Gasteiger partial charge in [0.15, 0.2) is 0 Å². The normalized spacial score (nSPS) is 18.6. The van der Waals surface area contributed by atoms with Crippen molar-refractivity contribution >= 4 is 41.5 Å². The molecule has 1 amide bonds. The summed E-state index contributed by atoms with van der Waals surface area (Å²) in [5, 5.41) is 0.756.